The predicted octanol–water partition coefficient (Wildman–Crippen LogP) is 2.45. The van der Waals surface area contributed by atoms with Gasteiger partial charge in [0.1, 0.15) is 0 Å². The Kier molecular flexibility index (Phi) is 3.06. The maximum atomic E-state index is 13.0. The molecule has 0 saturated carbocycles. The molecule has 1 aromatic rings. The number of benzene rings is 1. The summed E-state index contributed by atoms with van der Waals surface area (Å²) in [5.74, 6) is -4.40. The number of hydrogen-bond donors (Lipinski definition) is 2. The van der Waals surface area contributed by atoms with Gasteiger partial charge < -0.3 is 5.73 Å². The molecule has 14 heavy (non-hydrogen) atoms. The summed E-state index contributed by atoms with van der Waals surface area (Å²) in [6.07, 6.45) is -0.570. The molecule has 0 aromatic heterocycles. The van der Waals surface area contributed by atoms with Crippen LogP contribution in [0.1, 0.15) is 5.56 Å². The minimum Gasteiger partial charge on any atom is -0.383 e. The first-order valence-corrected chi connectivity index (χ1v) is 4.26. The van der Waals surface area contributed by atoms with Gasteiger partial charge in [0.15, 0.2) is 5.84 Å². The van der Waals surface area contributed by atoms with Crippen molar-refractivity contribution in [2.45, 2.75) is 12.3 Å². The van der Waals surface area contributed by atoms with Crippen molar-refractivity contribution in [2.24, 2.45) is 5.73 Å². The van der Waals surface area contributed by atoms with Gasteiger partial charge in [0.25, 0.3) is 0 Å². The van der Waals surface area contributed by atoms with Gasteiger partial charge in [-0.3, -0.25) is 5.41 Å². The van der Waals surface area contributed by atoms with Crippen molar-refractivity contribution in [3.8, 4) is 0 Å². The number of alkyl halides is 2. The van der Waals surface area contributed by atoms with Crippen LogP contribution >= 0.6 is 11.6 Å². The van der Waals surface area contributed by atoms with Crippen LogP contribution in [0.4, 0.5) is 8.78 Å². The van der Waals surface area contributed by atoms with Crippen LogP contribution in [0.5, 0.6) is 0 Å². The van der Waals surface area contributed by atoms with Gasteiger partial charge in [-0.15, -0.1) is 0 Å². The summed E-state index contributed by atoms with van der Waals surface area (Å²) in [6.45, 7) is 0. The Balaban J connectivity index is 2.79. The topological polar surface area (TPSA) is 49.9 Å². The zero-order chi connectivity index (χ0) is 10.8. The van der Waals surface area contributed by atoms with E-state index in [0.29, 0.717) is 10.6 Å². The molecular formula is C9H9ClF2N2. The number of nitrogens with two attached hydrogens (primary N) is 1. The first kappa shape index (κ1) is 10.9. The Hall–Kier alpha value is -1.16. The Morgan fingerprint density at radius 3 is 2.29 bits per heavy atom. The van der Waals surface area contributed by atoms with Crippen molar-refractivity contribution in [2.75, 3.05) is 0 Å². The lowest BCUT2D eigenvalue weighted by molar-refractivity contribution is 0.0762. The number of amidine groups is 1. The number of rotatable bonds is 3. The summed E-state index contributed by atoms with van der Waals surface area (Å²) in [6, 6.07) is 6.01. The number of halogens is 3. The van der Waals surface area contributed by atoms with E-state index in [2.05, 4.69) is 0 Å². The quantitative estimate of drug-likeness (QED) is 0.594. The summed E-state index contributed by atoms with van der Waals surface area (Å²) in [5.41, 5.74) is 5.15. The first-order valence-electron chi connectivity index (χ1n) is 3.88. The molecule has 0 aliphatic rings. The molecule has 0 unspecified atom stereocenters. The minimum absolute atomic E-state index is 0.398. The zero-order valence-electron chi connectivity index (χ0n) is 7.23. The highest BCUT2D eigenvalue weighted by Crippen LogP contribution is 2.20. The van der Waals surface area contributed by atoms with Crippen molar-refractivity contribution in [1.82, 2.24) is 0 Å². The number of hydrogen-bond acceptors (Lipinski definition) is 1. The van der Waals surface area contributed by atoms with Crippen molar-refractivity contribution >= 4 is 17.4 Å². The van der Waals surface area contributed by atoms with Crippen LogP contribution in [0.15, 0.2) is 24.3 Å². The molecule has 0 aliphatic carbocycles. The molecule has 1 rings (SSSR count). The molecule has 0 aliphatic heterocycles. The zero-order valence-corrected chi connectivity index (χ0v) is 7.98. The molecule has 0 fully saturated rings. The fourth-order valence-corrected chi connectivity index (χ4v) is 1.08. The fourth-order valence-electron chi connectivity index (χ4n) is 0.954. The molecule has 0 radical (unpaired) electrons. The van der Waals surface area contributed by atoms with E-state index in [1.54, 1.807) is 0 Å². The van der Waals surface area contributed by atoms with Crippen LogP contribution in [0.25, 0.3) is 0 Å². The summed E-state index contributed by atoms with van der Waals surface area (Å²) < 4.78 is 25.9. The average molecular weight is 219 g/mol. The Labute approximate surface area is 85.2 Å². The molecule has 1 aromatic carbocycles. The molecule has 5 heteroatoms. The number of nitrogens with one attached hydrogen (secondary N) is 1. The minimum atomic E-state index is -3.28. The van der Waals surface area contributed by atoms with E-state index >= 15 is 0 Å². The lowest BCUT2D eigenvalue weighted by atomic mass is 10.1. The van der Waals surface area contributed by atoms with Crippen molar-refractivity contribution in [3.05, 3.63) is 34.9 Å². The first-order chi connectivity index (χ1) is 6.42. The monoisotopic (exact) mass is 218 g/mol. The maximum absolute atomic E-state index is 13.0. The van der Waals surface area contributed by atoms with E-state index in [9.17, 15) is 8.78 Å². The van der Waals surface area contributed by atoms with E-state index in [-0.39, 0.29) is 0 Å². The molecule has 2 nitrogen and oxygen atoms in total. The Morgan fingerprint density at radius 1 is 1.36 bits per heavy atom. The van der Waals surface area contributed by atoms with E-state index < -0.39 is 18.2 Å². The smallest absolute Gasteiger partial charge is 0.307 e. The summed E-state index contributed by atoms with van der Waals surface area (Å²) in [4.78, 5) is 0. The standard InChI is InChI=1S/C9H9ClF2N2/c10-7-3-1-6(2-4-7)5-9(11,12)8(13)14/h1-4H,5H2,(H3,13,14). The summed E-state index contributed by atoms with van der Waals surface area (Å²) in [7, 11) is 0. The summed E-state index contributed by atoms with van der Waals surface area (Å²) in [5, 5.41) is 7.18. The van der Waals surface area contributed by atoms with E-state index in [1.807, 2.05) is 0 Å². The normalized spacial score (nSPS) is 11.4. The van der Waals surface area contributed by atoms with Gasteiger partial charge in [-0.1, -0.05) is 23.7 Å². The second kappa shape index (κ2) is 3.92. The Bertz CT molecular complexity index is 335. The molecule has 0 saturated heterocycles. The van der Waals surface area contributed by atoms with Gasteiger partial charge in [-0.2, -0.15) is 8.78 Å². The van der Waals surface area contributed by atoms with Gasteiger partial charge in [0.05, 0.1) is 0 Å². The van der Waals surface area contributed by atoms with E-state index in [4.69, 9.17) is 22.7 Å². The lowest BCUT2D eigenvalue weighted by Crippen LogP contribution is -2.36. The van der Waals surface area contributed by atoms with Gasteiger partial charge in [0, 0.05) is 11.4 Å². The van der Waals surface area contributed by atoms with Crippen molar-refractivity contribution in [1.29, 1.82) is 5.41 Å². The molecule has 0 atom stereocenters. The Morgan fingerprint density at radius 2 is 1.86 bits per heavy atom. The van der Waals surface area contributed by atoms with Gasteiger partial charge in [-0.25, -0.2) is 0 Å². The summed E-state index contributed by atoms with van der Waals surface area (Å²) >= 11 is 5.59. The second-order valence-electron chi connectivity index (χ2n) is 2.92. The van der Waals surface area contributed by atoms with Gasteiger partial charge >= 0.3 is 5.92 Å². The van der Waals surface area contributed by atoms with Crippen molar-refractivity contribution in [3.63, 3.8) is 0 Å². The van der Waals surface area contributed by atoms with Crippen LogP contribution in [0.2, 0.25) is 5.02 Å². The molecule has 76 valence electrons. The highest BCUT2D eigenvalue weighted by Gasteiger charge is 2.33. The van der Waals surface area contributed by atoms with Crippen LogP contribution in [0, 0.1) is 5.41 Å². The highest BCUT2D eigenvalue weighted by atomic mass is 35.5. The molecular weight excluding hydrogens is 210 g/mol. The second-order valence-corrected chi connectivity index (χ2v) is 3.36. The molecule has 0 spiro atoms. The van der Waals surface area contributed by atoms with E-state index in [0.717, 1.165) is 0 Å². The third-order valence-corrected chi connectivity index (χ3v) is 1.99. The molecule has 3 N–H and O–H groups in total. The molecule has 0 heterocycles. The van der Waals surface area contributed by atoms with Crippen LogP contribution < -0.4 is 5.73 Å². The fraction of sp³-hybridized carbons (Fsp3) is 0.222. The average Bonchev–Trinajstić information content (AvgIpc) is 2.08. The van der Waals surface area contributed by atoms with Gasteiger partial charge in [0.2, 0.25) is 0 Å². The van der Waals surface area contributed by atoms with Crippen LogP contribution in [-0.2, 0) is 6.42 Å². The molecule has 0 bridgehead atoms. The lowest BCUT2D eigenvalue weighted by Gasteiger charge is -2.13. The third-order valence-electron chi connectivity index (χ3n) is 1.73. The van der Waals surface area contributed by atoms with Crippen molar-refractivity contribution < 1.29 is 8.78 Å². The third kappa shape index (κ3) is 2.67. The van der Waals surface area contributed by atoms with Gasteiger partial charge in [-0.05, 0) is 17.7 Å². The predicted molar refractivity (Wildman–Crippen MR) is 52.0 cm³/mol. The highest BCUT2D eigenvalue weighted by molar-refractivity contribution is 6.30. The van der Waals surface area contributed by atoms with Crippen LogP contribution in [-0.4, -0.2) is 11.8 Å². The van der Waals surface area contributed by atoms with E-state index in [1.165, 1.54) is 24.3 Å². The largest absolute Gasteiger partial charge is 0.383 e. The molecule has 0 amide bonds. The van der Waals surface area contributed by atoms with Crippen LogP contribution in [0.3, 0.4) is 0 Å². The maximum Gasteiger partial charge on any atom is 0.307 e. The SMILES string of the molecule is N=C(N)C(F)(F)Cc1ccc(Cl)cc1.